The van der Waals surface area contributed by atoms with Gasteiger partial charge in [0.2, 0.25) is 0 Å². The molecule has 0 aliphatic carbocycles. The number of amides is 3. The third-order valence-electron chi connectivity index (χ3n) is 5.30. The van der Waals surface area contributed by atoms with Gasteiger partial charge in [0.1, 0.15) is 10.8 Å². The van der Waals surface area contributed by atoms with Crippen LogP contribution in [0.15, 0.2) is 48.5 Å². The third kappa shape index (κ3) is 6.85. The third-order valence-corrected chi connectivity index (χ3v) is 6.60. The molecule has 0 fully saturated rings. The Morgan fingerprint density at radius 1 is 1.05 bits per heavy atom. The maximum atomic E-state index is 14.5. The molecule has 1 heterocycles. The van der Waals surface area contributed by atoms with E-state index in [0.717, 1.165) is 16.2 Å². The molecule has 0 spiro atoms. The van der Waals surface area contributed by atoms with Crippen molar-refractivity contribution in [1.82, 2.24) is 10.4 Å². The van der Waals surface area contributed by atoms with E-state index in [0.29, 0.717) is 21.7 Å². The van der Waals surface area contributed by atoms with Crippen LogP contribution in [0, 0.1) is 5.82 Å². The maximum Gasteiger partial charge on any atom is 0.415 e. The number of nitrogens with one attached hydrogen (secondary N) is 2. The number of carbonyl (C=O) groups is 3. The van der Waals surface area contributed by atoms with Crippen LogP contribution in [-0.2, 0) is 22.7 Å². The van der Waals surface area contributed by atoms with Crippen LogP contribution in [-0.4, -0.2) is 55.9 Å². The van der Waals surface area contributed by atoms with Crippen molar-refractivity contribution in [3.63, 3.8) is 0 Å². The van der Waals surface area contributed by atoms with E-state index in [1.54, 1.807) is 51.4 Å². The molecule has 0 atom stereocenters. The Morgan fingerprint density at radius 3 is 2.32 bits per heavy atom. The first-order chi connectivity index (χ1) is 18.2. The molecule has 1 aromatic heterocycles. The van der Waals surface area contributed by atoms with Gasteiger partial charge in [-0.25, -0.2) is 24.3 Å². The highest BCUT2D eigenvalue weighted by atomic mass is 32.1. The van der Waals surface area contributed by atoms with Crippen molar-refractivity contribution >= 4 is 40.1 Å². The number of hydrogen-bond donors (Lipinski definition) is 3. The molecule has 3 N–H and O–H groups in total. The van der Waals surface area contributed by atoms with Crippen molar-refractivity contribution in [2.24, 2.45) is 0 Å². The van der Waals surface area contributed by atoms with E-state index in [1.807, 2.05) is 4.90 Å². The van der Waals surface area contributed by atoms with Crippen molar-refractivity contribution in [3.8, 4) is 10.4 Å². The lowest BCUT2D eigenvalue weighted by Crippen LogP contribution is -2.32. The number of halogens is 1. The number of aromatic carboxylic acids is 1. The minimum Gasteiger partial charge on any atom is -0.478 e. The molecule has 38 heavy (non-hydrogen) atoms. The summed E-state index contributed by atoms with van der Waals surface area (Å²) in [5.74, 6) is -1.75. The van der Waals surface area contributed by atoms with Crippen LogP contribution in [0.4, 0.5) is 24.7 Å². The molecule has 0 saturated carbocycles. The second kappa shape index (κ2) is 13.0. The highest BCUT2D eigenvalue weighted by Gasteiger charge is 2.31. The number of anilines is 2. The number of nitrogens with zero attached hydrogens (tertiary/aromatic N) is 2. The monoisotopic (exact) mass is 544 g/mol. The van der Waals surface area contributed by atoms with Crippen molar-refractivity contribution in [3.05, 3.63) is 71.0 Å². The summed E-state index contributed by atoms with van der Waals surface area (Å²) in [6.07, 6.45) is -0.786. The first-order valence-corrected chi connectivity index (χ1v) is 12.4. The van der Waals surface area contributed by atoms with Crippen molar-refractivity contribution < 1.29 is 33.5 Å². The fraction of sp³-hybridized carbons (Fsp3) is 0.269. The summed E-state index contributed by atoms with van der Waals surface area (Å²) in [7, 11) is 4.92. The highest BCUT2D eigenvalue weighted by molar-refractivity contribution is 7.20. The second-order valence-corrected chi connectivity index (χ2v) is 9.35. The van der Waals surface area contributed by atoms with Crippen LogP contribution >= 0.6 is 11.3 Å². The van der Waals surface area contributed by atoms with E-state index in [1.165, 1.54) is 25.3 Å². The lowest BCUT2D eigenvalue weighted by molar-refractivity contribution is 0.0696. The Kier molecular flexibility index (Phi) is 9.77. The van der Waals surface area contributed by atoms with Gasteiger partial charge in [0.15, 0.2) is 0 Å². The zero-order valence-corrected chi connectivity index (χ0v) is 22.2. The van der Waals surface area contributed by atoms with Crippen LogP contribution in [0.1, 0.15) is 28.4 Å². The normalized spacial score (nSPS) is 10.8. The number of carboxylic acid groups (broad SMARTS) is 1. The molecule has 3 aromatic rings. The van der Waals surface area contributed by atoms with Crippen LogP contribution in [0.5, 0.6) is 0 Å². The molecule has 0 radical (unpaired) electrons. The largest absolute Gasteiger partial charge is 0.478 e. The van der Waals surface area contributed by atoms with Gasteiger partial charge < -0.3 is 20.1 Å². The van der Waals surface area contributed by atoms with Crippen molar-refractivity contribution in [2.75, 3.05) is 38.0 Å². The Balaban J connectivity index is 2.15. The molecule has 0 saturated heterocycles. The van der Waals surface area contributed by atoms with E-state index in [4.69, 9.17) is 4.74 Å². The molecule has 12 heteroatoms. The van der Waals surface area contributed by atoms with E-state index < -0.39 is 23.9 Å². The average molecular weight is 545 g/mol. The van der Waals surface area contributed by atoms with Gasteiger partial charge in [-0.15, -0.1) is 11.3 Å². The Hall–Kier alpha value is -4.00. The summed E-state index contributed by atoms with van der Waals surface area (Å²) >= 11 is 1.10. The minimum absolute atomic E-state index is 0.0584. The lowest BCUT2D eigenvalue weighted by Gasteiger charge is -2.22. The number of urea groups is 1. The molecule has 0 unspecified atom stereocenters. The topological polar surface area (TPSA) is 120 Å². The molecule has 0 aliphatic heterocycles. The van der Waals surface area contributed by atoms with Crippen molar-refractivity contribution in [2.45, 2.75) is 20.0 Å². The number of ether oxygens (including phenoxy) is 1. The molecule has 3 amide bonds. The van der Waals surface area contributed by atoms with Crippen LogP contribution in [0.2, 0.25) is 0 Å². The SMILES string of the molecule is CCOC(=O)N(Cc1ccccc1F)c1sc(-c2ccc(NC(=O)NOC)cc2)c(CN(C)C)c1C(=O)O. The van der Waals surface area contributed by atoms with Gasteiger partial charge in [0.25, 0.3) is 0 Å². The number of rotatable bonds is 10. The van der Waals surface area contributed by atoms with E-state index in [-0.39, 0.29) is 35.8 Å². The Bertz CT molecular complexity index is 1300. The number of carboxylic acids is 1. The van der Waals surface area contributed by atoms with Gasteiger partial charge in [0.05, 0.1) is 25.8 Å². The maximum absolute atomic E-state index is 14.5. The fourth-order valence-electron chi connectivity index (χ4n) is 3.73. The smallest absolute Gasteiger partial charge is 0.415 e. The van der Waals surface area contributed by atoms with Crippen LogP contribution in [0.25, 0.3) is 10.4 Å². The van der Waals surface area contributed by atoms with Crippen LogP contribution < -0.4 is 15.7 Å². The summed E-state index contributed by atoms with van der Waals surface area (Å²) in [5, 5.41) is 13.0. The summed E-state index contributed by atoms with van der Waals surface area (Å²) in [4.78, 5) is 45.5. The summed E-state index contributed by atoms with van der Waals surface area (Å²) in [6.45, 7) is 1.74. The van der Waals surface area contributed by atoms with E-state index in [9.17, 15) is 23.9 Å². The number of hydrogen-bond acceptors (Lipinski definition) is 7. The van der Waals surface area contributed by atoms with E-state index in [2.05, 4.69) is 15.6 Å². The quantitative estimate of drug-likeness (QED) is 0.302. The fourth-order valence-corrected chi connectivity index (χ4v) is 5.03. The van der Waals surface area contributed by atoms with Gasteiger partial charge in [-0.1, -0.05) is 30.3 Å². The molecule has 10 nitrogen and oxygen atoms in total. The van der Waals surface area contributed by atoms with Gasteiger partial charge in [-0.3, -0.25) is 9.74 Å². The zero-order valence-electron chi connectivity index (χ0n) is 21.4. The van der Waals surface area contributed by atoms with Gasteiger partial charge in [-0.2, -0.15) is 0 Å². The van der Waals surface area contributed by atoms with Gasteiger partial charge in [-0.05, 0) is 44.8 Å². The predicted molar refractivity (Wildman–Crippen MR) is 143 cm³/mol. The predicted octanol–water partition coefficient (Wildman–Crippen LogP) is 5.16. The first kappa shape index (κ1) is 28.6. The van der Waals surface area contributed by atoms with Crippen LogP contribution in [0.3, 0.4) is 0 Å². The molecule has 2 aromatic carbocycles. The number of hydroxylamine groups is 1. The standard InChI is InChI=1S/C26H29FN4O6S/c1-5-37-26(35)31(14-17-8-6-7-9-20(17)27)23-21(24(32)33)19(15-30(2)3)22(38-23)16-10-12-18(13-11-16)28-25(34)29-36-4/h6-13H,5,14-15H2,1-4H3,(H,32,33)(H2,28,29,34). The minimum atomic E-state index is -1.23. The second-order valence-electron chi connectivity index (χ2n) is 8.35. The molecule has 3 rings (SSSR count). The molecular formula is C26H29FN4O6S. The van der Waals surface area contributed by atoms with Gasteiger partial charge >= 0.3 is 18.1 Å². The zero-order chi connectivity index (χ0) is 27.8. The number of carbonyl (C=O) groups excluding carboxylic acids is 2. The molecule has 0 bridgehead atoms. The summed E-state index contributed by atoms with van der Waals surface area (Å²) in [6, 6.07) is 12.2. The van der Waals surface area contributed by atoms with Crippen molar-refractivity contribution in [1.29, 1.82) is 0 Å². The summed E-state index contributed by atoms with van der Waals surface area (Å²) < 4.78 is 19.8. The van der Waals surface area contributed by atoms with E-state index >= 15 is 0 Å². The Morgan fingerprint density at radius 2 is 1.74 bits per heavy atom. The number of thiophene rings is 1. The number of benzene rings is 2. The Labute approximate surface area is 223 Å². The highest BCUT2D eigenvalue weighted by Crippen LogP contribution is 2.44. The average Bonchev–Trinajstić information content (AvgIpc) is 3.22. The molecule has 202 valence electrons. The lowest BCUT2D eigenvalue weighted by atomic mass is 10.0. The molecule has 0 aliphatic rings. The summed E-state index contributed by atoms with van der Waals surface area (Å²) in [5.41, 5.74) is 3.95. The van der Waals surface area contributed by atoms with Gasteiger partial charge in [0, 0.05) is 28.2 Å². The molecular weight excluding hydrogens is 515 g/mol. The first-order valence-electron chi connectivity index (χ1n) is 11.6.